The van der Waals surface area contributed by atoms with Crippen molar-refractivity contribution in [1.29, 1.82) is 0 Å². The number of carbonyl (C=O) groups excluding carboxylic acids is 2. The van der Waals surface area contributed by atoms with Crippen LogP contribution in [-0.4, -0.2) is 36.5 Å². The number of hydrogen-bond acceptors (Lipinski definition) is 4. The Morgan fingerprint density at radius 1 is 1.03 bits per heavy atom. The molecule has 0 radical (unpaired) electrons. The maximum atomic E-state index is 12.8. The number of benzene rings is 2. The second kappa shape index (κ2) is 11.3. The molecule has 0 unspecified atom stereocenters. The molecule has 0 aliphatic carbocycles. The molecule has 0 atom stereocenters. The van der Waals surface area contributed by atoms with Gasteiger partial charge in [-0.15, -0.1) is 0 Å². The predicted octanol–water partition coefficient (Wildman–Crippen LogP) is 3.94. The van der Waals surface area contributed by atoms with Crippen LogP contribution in [0.25, 0.3) is 0 Å². The van der Waals surface area contributed by atoms with Crippen LogP contribution in [0.1, 0.15) is 56.8 Å². The lowest BCUT2D eigenvalue weighted by Crippen LogP contribution is -2.26. The second-order valence-corrected chi connectivity index (χ2v) is 8.19. The molecule has 0 saturated carbocycles. The van der Waals surface area contributed by atoms with Gasteiger partial charge in [-0.3, -0.25) is 14.6 Å². The molecule has 1 aliphatic heterocycles. The van der Waals surface area contributed by atoms with Crippen LogP contribution in [0.4, 0.5) is 0 Å². The van der Waals surface area contributed by atoms with Crippen molar-refractivity contribution < 1.29 is 14.3 Å². The van der Waals surface area contributed by atoms with E-state index in [-0.39, 0.29) is 11.8 Å². The summed E-state index contributed by atoms with van der Waals surface area (Å²) in [5.41, 5.74) is 4.11. The zero-order chi connectivity index (χ0) is 22.9. The van der Waals surface area contributed by atoms with E-state index in [4.69, 9.17) is 4.74 Å². The van der Waals surface area contributed by atoms with Crippen molar-refractivity contribution in [2.75, 3.05) is 19.7 Å². The van der Waals surface area contributed by atoms with Crippen molar-refractivity contribution in [2.24, 2.45) is 0 Å². The number of carbonyl (C=O) groups is 2. The van der Waals surface area contributed by atoms with Gasteiger partial charge in [0, 0.05) is 48.9 Å². The fourth-order valence-corrected chi connectivity index (χ4v) is 3.88. The van der Waals surface area contributed by atoms with Crippen LogP contribution < -0.4 is 15.4 Å². The number of nitrogens with zero attached hydrogens (tertiary/aromatic N) is 1. The first-order valence-corrected chi connectivity index (χ1v) is 11.5. The van der Waals surface area contributed by atoms with Gasteiger partial charge in [-0.25, -0.2) is 0 Å². The lowest BCUT2D eigenvalue weighted by atomic mass is 9.99. The van der Waals surface area contributed by atoms with Crippen molar-refractivity contribution >= 4 is 11.8 Å². The summed E-state index contributed by atoms with van der Waals surface area (Å²) in [7, 11) is 0. The number of rotatable bonds is 4. The van der Waals surface area contributed by atoms with E-state index in [2.05, 4.69) is 15.6 Å². The fourth-order valence-electron chi connectivity index (χ4n) is 3.88. The molecular formula is C27H29N3O3. The standard InChI is InChI=1S/C27H29N3O3/c31-26-21-8-6-7-20(17-21)18-23-19-22(10-11-25(23)33-16-5-1-3-14-29-26)27(32)30-15-12-24-9-2-4-13-28-24/h2,4,6-11,13,17,19H,1,3,5,12,14-16,18H2,(H,29,31)(H,30,32). The number of hydrogen-bond donors (Lipinski definition) is 2. The third-order valence-corrected chi connectivity index (χ3v) is 5.66. The van der Waals surface area contributed by atoms with E-state index in [9.17, 15) is 9.59 Å². The highest BCUT2D eigenvalue weighted by Crippen LogP contribution is 2.25. The summed E-state index contributed by atoms with van der Waals surface area (Å²) in [6.07, 6.45) is 5.81. The summed E-state index contributed by atoms with van der Waals surface area (Å²) in [4.78, 5) is 29.5. The highest BCUT2D eigenvalue weighted by atomic mass is 16.5. The van der Waals surface area contributed by atoms with Crippen molar-refractivity contribution in [1.82, 2.24) is 15.6 Å². The van der Waals surface area contributed by atoms with Gasteiger partial charge in [0.05, 0.1) is 6.61 Å². The van der Waals surface area contributed by atoms with Gasteiger partial charge in [0.1, 0.15) is 5.75 Å². The van der Waals surface area contributed by atoms with E-state index < -0.39 is 0 Å². The zero-order valence-electron chi connectivity index (χ0n) is 18.7. The van der Waals surface area contributed by atoms with Crippen LogP contribution in [0.15, 0.2) is 66.9 Å². The Morgan fingerprint density at radius 2 is 1.97 bits per heavy atom. The second-order valence-electron chi connectivity index (χ2n) is 8.19. The molecule has 2 heterocycles. The smallest absolute Gasteiger partial charge is 0.251 e. The molecule has 0 fully saturated rings. The van der Waals surface area contributed by atoms with E-state index in [1.54, 1.807) is 6.20 Å². The van der Waals surface area contributed by atoms with E-state index in [0.29, 0.717) is 43.7 Å². The lowest BCUT2D eigenvalue weighted by Gasteiger charge is -2.15. The zero-order valence-corrected chi connectivity index (χ0v) is 18.7. The SMILES string of the molecule is O=C1NCCCCCOc2ccc(C(=O)NCCc3ccccn3)cc2Cc2cccc1c2. The Labute approximate surface area is 194 Å². The minimum atomic E-state index is -0.124. The Kier molecular flexibility index (Phi) is 7.69. The number of pyridine rings is 1. The van der Waals surface area contributed by atoms with Crippen molar-refractivity contribution in [2.45, 2.75) is 32.1 Å². The molecule has 2 bridgehead atoms. The van der Waals surface area contributed by atoms with E-state index in [0.717, 1.165) is 41.8 Å². The Bertz CT molecular complexity index is 1100. The third kappa shape index (κ3) is 6.42. The van der Waals surface area contributed by atoms with Crippen LogP contribution in [0, 0.1) is 0 Å². The lowest BCUT2D eigenvalue weighted by molar-refractivity contribution is 0.0945. The van der Waals surface area contributed by atoms with E-state index >= 15 is 0 Å². The fraction of sp³-hybridized carbons (Fsp3) is 0.296. The summed E-state index contributed by atoms with van der Waals surface area (Å²) in [6, 6.07) is 19.0. The van der Waals surface area contributed by atoms with Gasteiger partial charge in [0.25, 0.3) is 11.8 Å². The van der Waals surface area contributed by atoms with Crippen molar-refractivity contribution in [3.8, 4) is 5.75 Å². The Balaban J connectivity index is 1.51. The summed E-state index contributed by atoms with van der Waals surface area (Å²) in [5, 5.41) is 5.96. The molecule has 6 heteroatoms. The maximum Gasteiger partial charge on any atom is 0.251 e. The molecule has 1 aliphatic rings. The average Bonchev–Trinajstić information content (AvgIpc) is 2.84. The van der Waals surface area contributed by atoms with E-state index in [1.165, 1.54) is 0 Å². The van der Waals surface area contributed by atoms with Gasteiger partial charge in [-0.1, -0.05) is 18.2 Å². The molecule has 6 nitrogen and oxygen atoms in total. The van der Waals surface area contributed by atoms with Gasteiger partial charge in [0.2, 0.25) is 0 Å². The summed E-state index contributed by atoms with van der Waals surface area (Å²) in [6.45, 7) is 1.79. The number of amides is 2. The predicted molar refractivity (Wildman–Crippen MR) is 128 cm³/mol. The third-order valence-electron chi connectivity index (χ3n) is 5.66. The first-order valence-electron chi connectivity index (χ1n) is 11.5. The largest absolute Gasteiger partial charge is 0.493 e. The molecule has 0 spiro atoms. The summed E-state index contributed by atoms with van der Waals surface area (Å²) in [5.74, 6) is 0.611. The maximum absolute atomic E-state index is 12.8. The van der Waals surface area contributed by atoms with Gasteiger partial charge in [-0.05, 0) is 72.9 Å². The molecule has 33 heavy (non-hydrogen) atoms. The molecule has 3 aromatic rings. The first-order chi connectivity index (χ1) is 16.2. The Morgan fingerprint density at radius 3 is 2.85 bits per heavy atom. The number of ether oxygens (including phenoxy) is 1. The van der Waals surface area contributed by atoms with Crippen LogP contribution in [0.5, 0.6) is 5.75 Å². The highest BCUT2D eigenvalue weighted by molar-refractivity contribution is 5.95. The highest BCUT2D eigenvalue weighted by Gasteiger charge is 2.13. The topological polar surface area (TPSA) is 80.3 Å². The van der Waals surface area contributed by atoms with E-state index in [1.807, 2.05) is 60.7 Å². The van der Waals surface area contributed by atoms with Crippen LogP contribution in [0.2, 0.25) is 0 Å². The van der Waals surface area contributed by atoms with Crippen LogP contribution >= 0.6 is 0 Å². The molecule has 4 rings (SSSR count). The number of aromatic nitrogens is 1. The van der Waals surface area contributed by atoms with Gasteiger partial charge < -0.3 is 15.4 Å². The van der Waals surface area contributed by atoms with Crippen LogP contribution in [0.3, 0.4) is 0 Å². The molecule has 2 aromatic carbocycles. The van der Waals surface area contributed by atoms with Crippen molar-refractivity contribution in [3.63, 3.8) is 0 Å². The van der Waals surface area contributed by atoms with Gasteiger partial charge >= 0.3 is 0 Å². The normalized spacial score (nSPS) is 14.2. The average molecular weight is 444 g/mol. The molecule has 0 saturated heterocycles. The molecule has 2 N–H and O–H groups in total. The summed E-state index contributed by atoms with van der Waals surface area (Å²) >= 11 is 0. The summed E-state index contributed by atoms with van der Waals surface area (Å²) < 4.78 is 6.07. The van der Waals surface area contributed by atoms with Crippen molar-refractivity contribution in [3.05, 3.63) is 94.8 Å². The number of nitrogens with one attached hydrogen (secondary N) is 2. The minimum Gasteiger partial charge on any atom is -0.493 e. The molecule has 2 amide bonds. The molecular weight excluding hydrogens is 414 g/mol. The number of fused-ring (bicyclic) bond motifs is 3. The van der Waals surface area contributed by atoms with Gasteiger partial charge in [-0.2, -0.15) is 0 Å². The van der Waals surface area contributed by atoms with Crippen LogP contribution in [-0.2, 0) is 12.8 Å². The quantitative estimate of drug-likeness (QED) is 0.640. The minimum absolute atomic E-state index is 0.0496. The molecule has 170 valence electrons. The Hall–Kier alpha value is -3.67. The first kappa shape index (κ1) is 22.5. The molecule has 1 aromatic heterocycles. The van der Waals surface area contributed by atoms with Gasteiger partial charge in [0.15, 0.2) is 0 Å². The monoisotopic (exact) mass is 443 g/mol.